The SMILES string of the molecule is C=C[C@H]1CC[C@H](c2ccc(OC(F)(F)c3ccc([C@H]4CC[C@H](CCC)CC4)cc3)cc2)CC1. The van der Waals surface area contributed by atoms with Gasteiger partial charge in [0.15, 0.2) is 0 Å². The Bertz CT molecular complexity index is 871. The summed E-state index contributed by atoms with van der Waals surface area (Å²) in [6.45, 7) is 6.15. The summed E-state index contributed by atoms with van der Waals surface area (Å²) in [6, 6.07) is 14.1. The fourth-order valence-corrected chi connectivity index (χ4v) is 5.85. The van der Waals surface area contributed by atoms with E-state index in [4.69, 9.17) is 4.74 Å². The Labute approximate surface area is 198 Å². The third-order valence-corrected chi connectivity index (χ3v) is 7.96. The second kappa shape index (κ2) is 10.8. The van der Waals surface area contributed by atoms with E-state index in [2.05, 4.69) is 19.6 Å². The molecule has 0 atom stereocenters. The number of benzene rings is 2. The van der Waals surface area contributed by atoms with E-state index in [1.165, 1.54) is 49.7 Å². The van der Waals surface area contributed by atoms with Gasteiger partial charge >= 0.3 is 6.11 Å². The van der Waals surface area contributed by atoms with Crippen LogP contribution >= 0.6 is 0 Å². The van der Waals surface area contributed by atoms with Gasteiger partial charge < -0.3 is 4.74 Å². The summed E-state index contributed by atoms with van der Waals surface area (Å²) in [4.78, 5) is 0. The minimum absolute atomic E-state index is 0.0854. The van der Waals surface area contributed by atoms with Gasteiger partial charge in [0.1, 0.15) is 5.75 Å². The molecule has 33 heavy (non-hydrogen) atoms. The van der Waals surface area contributed by atoms with Gasteiger partial charge in [0.05, 0.1) is 5.56 Å². The Balaban J connectivity index is 1.34. The highest BCUT2D eigenvalue weighted by atomic mass is 19.3. The van der Waals surface area contributed by atoms with Crippen LogP contribution in [0.3, 0.4) is 0 Å². The molecular weight excluding hydrogens is 414 g/mol. The van der Waals surface area contributed by atoms with Crippen molar-refractivity contribution >= 4 is 0 Å². The standard InChI is InChI=1S/C30H38F2O/c1-3-5-23-8-12-25(13-9-23)26-14-18-28(19-15-26)30(31,32)33-29-20-16-27(17-21-29)24-10-6-22(4-2)7-11-24/h4,14-25H,2-3,5-13H2,1H3/t22-,23-,24-,25-. The van der Waals surface area contributed by atoms with Gasteiger partial charge in [0, 0.05) is 0 Å². The highest BCUT2D eigenvalue weighted by Crippen LogP contribution is 2.40. The first-order valence-electron chi connectivity index (χ1n) is 12.9. The van der Waals surface area contributed by atoms with Crippen LogP contribution in [0.15, 0.2) is 61.2 Å². The molecular formula is C30H38F2O. The van der Waals surface area contributed by atoms with Crippen molar-refractivity contribution in [3.8, 4) is 5.75 Å². The Kier molecular flexibility index (Phi) is 7.88. The molecule has 0 aromatic heterocycles. The lowest BCUT2D eigenvalue weighted by Crippen LogP contribution is -2.22. The summed E-state index contributed by atoms with van der Waals surface area (Å²) in [5.74, 6) is 2.67. The van der Waals surface area contributed by atoms with E-state index in [1.54, 1.807) is 24.3 Å². The van der Waals surface area contributed by atoms with Crippen molar-refractivity contribution < 1.29 is 13.5 Å². The molecule has 0 amide bonds. The summed E-state index contributed by atoms with van der Waals surface area (Å²) >= 11 is 0. The fraction of sp³-hybridized carbons (Fsp3) is 0.533. The van der Waals surface area contributed by atoms with E-state index < -0.39 is 6.11 Å². The van der Waals surface area contributed by atoms with Crippen LogP contribution in [-0.2, 0) is 6.11 Å². The average molecular weight is 453 g/mol. The number of rotatable bonds is 8. The quantitative estimate of drug-likeness (QED) is 0.363. The van der Waals surface area contributed by atoms with Crippen molar-refractivity contribution in [2.45, 2.75) is 89.1 Å². The number of ether oxygens (including phenoxy) is 1. The van der Waals surface area contributed by atoms with E-state index >= 15 is 0 Å². The zero-order valence-corrected chi connectivity index (χ0v) is 19.9. The van der Waals surface area contributed by atoms with E-state index in [1.807, 2.05) is 24.3 Å². The predicted octanol–water partition coefficient (Wildman–Crippen LogP) is 9.35. The first kappa shape index (κ1) is 24.0. The third-order valence-electron chi connectivity index (χ3n) is 7.96. The van der Waals surface area contributed by atoms with Crippen LogP contribution in [0.2, 0.25) is 0 Å². The molecule has 2 saturated carbocycles. The van der Waals surface area contributed by atoms with E-state index in [0.717, 1.165) is 31.6 Å². The van der Waals surface area contributed by atoms with Gasteiger partial charge in [-0.15, -0.1) is 6.58 Å². The summed E-state index contributed by atoms with van der Waals surface area (Å²) < 4.78 is 34.9. The second-order valence-corrected chi connectivity index (χ2v) is 10.2. The minimum Gasteiger partial charge on any atom is -0.429 e. The molecule has 2 aliphatic carbocycles. The summed E-state index contributed by atoms with van der Waals surface area (Å²) in [5.41, 5.74) is 2.31. The average Bonchev–Trinajstić information content (AvgIpc) is 2.85. The first-order valence-corrected chi connectivity index (χ1v) is 12.9. The van der Waals surface area contributed by atoms with Gasteiger partial charge in [-0.05, 0) is 110 Å². The third kappa shape index (κ3) is 6.05. The molecule has 2 aliphatic rings. The molecule has 0 saturated heterocycles. The first-order chi connectivity index (χ1) is 16.0. The summed E-state index contributed by atoms with van der Waals surface area (Å²) in [6.07, 6.45) is 10.7. The Morgan fingerprint density at radius 3 is 1.85 bits per heavy atom. The van der Waals surface area contributed by atoms with Crippen LogP contribution in [0.4, 0.5) is 8.78 Å². The lowest BCUT2D eigenvalue weighted by atomic mass is 9.77. The topological polar surface area (TPSA) is 9.23 Å². The molecule has 2 aromatic rings. The maximum atomic E-state index is 14.9. The molecule has 0 unspecified atom stereocenters. The van der Waals surface area contributed by atoms with Crippen LogP contribution in [-0.4, -0.2) is 0 Å². The van der Waals surface area contributed by atoms with Crippen LogP contribution < -0.4 is 4.74 Å². The summed E-state index contributed by atoms with van der Waals surface area (Å²) in [5, 5.41) is 0. The number of hydrogen-bond acceptors (Lipinski definition) is 1. The number of hydrogen-bond donors (Lipinski definition) is 0. The van der Waals surface area contributed by atoms with Crippen molar-refractivity contribution in [3.63, 3.8) is 0 Å². The largest absolute Gasteiger partial charge is 0.429 e. The highest BCUT2D eigenvalue weighted by Gasteiger charge is 2.35. The van der Waals surface area contributed by atoms with Crippen LogP contribution in [0.5, 0.6) is 5.75 Å². The van der Waals surface area contributed by atoms with Crippen LogP contribution in [0.25, 0.3) is 0 Å². The van der Waals surface area contributed by atoms with Gasteiger partial charge in [0.25, 0.3) is 0 Å². The zero-order valence-electron chi connectivity index (χ0n) is 19.9. The molecule has 4 rings (SSSR count). The molecule has 2 aromatic carbocycles. The van der Waals surface area contributed by atoms with Crippen molar-refractivity contribution in [1.29, 1.82) is 0 Å². The fourth-order valence-electron chi connectivity index (χ4n) is 5.85. The second-order valence-electron chi connectivity index (χ2n) is 10.2. The molecule has 3 heteroatoms. The zero-order chi connectivity index (χ0) is 23.3. The van der Waals surface area contributed by atoms with Crippen LogP contribution in [0.1, 0.15) is 99.7 Å². The van der Waals surface area contributed by atoms with Gasteiger partial charge in [-0.1, -0.05) is 50.1 Å². The smallest absolute Gasteiger partial charge is 0.426 e. The van der Waals surface area contributed by atoms with Crippen molar-refractivity contribution in [2.24, 2.45) is 11.8 Å². The minimum atomic E-state index is -3.35. The molecule has 0 aliphatic heterocycles. The Morgan fingerprint density at radius 2 is 1.33 bits per heavy atom. The molecule has 0 radical (unpaired) electrons. The lowest BCUT2D eigenvalue weighted by Gasteiger charge is -2.29. The number of alkyl halides is 2. The number of halogens is 2. The monoisotopic (exact) mass is 452 g/mol. The van der Waals surface area contributed by atoms with Crippen molar-refractivity contribution in [3.05, 3.63) is 77.9 Å². The lowest BCUT2D eigenvalue weighted by molar-refractivity contribution is -0.185. The normalized spacial score (nSPS) is 26.0. The van der Waals surface area contributed by atoms with Gasteiger partial charge in [-0.3, -0.25) is 0 Å². The van der Waals surface area contributed by atoms with Crippen molar-refractivity contribution in [2.75, 3.05) is 0 Å². The molecule has 0 heterocycles. The molecule has 2 fully saturated rings. The van der Waals surface area contributed by atoms with E-state index in [9.17, 15) is 8.78 Å². The maximum absolute atomic E-state index is 14.9. The number of allylic oxidation sites excluding steroid dienone is 1. The predicted molar refractivity (Wildman–Crippen MR) is 132 cm³/mol. The summed E-state index contributed by atoms with van der Waals surface area (Å²) in [7, 11) is 0. The van der Waals surface area contributed by atoms with Crippen LogP contribution in [0, 0.1) is 11.8 Å². The van der Waals surface area contributed by atoms with E-state index in [-0.39, 0.29) is 11.3 Å². The molecule has 0 bridgehead atoms. The Morgan fingerprint density at radius 1 is 0.818 bits per heavy atom. The van der Waals surface area contributed by atoms with E-state index in [0.29, 0.717) is 17.8 Å². The van der Waals surface area contributed by atoms with Gasteiger partial charge in [-0.2, -0.15) is 8.78 Å². The highest BCUT2D eigenvalue weighted by molar-refractivity contribution is 5.32. The molecule has 0 N–H and O–H groups in total. The maximum Gasteiger partial charge on any atom is 0.426 e. The molecule has 178 valence electrons. The van der Waals surface area contributed by atoms with Crippen molar-refractivity contribution in [1.82, 2.24) is 0 Å². The van der Waals surface area contributed by atoms with Gasteiger partial charge in [0.2, 0.25) is 0 Å². The molecule has 0 spiro atoms. The Hall–Kier alpha value is -2.16. The van der Waals surface area contributed by atoms with Gasteiger partial charge in [-0.25, -0.2) is 0 Å². The molecule has 1 nitrogen and oxygen atoms in total.